The predicted molar refractivity (Wildman–Crippen MR) is 130 cm³/mol. The lowest BCUT2D eigenvalue weighted by Crippen LogP contribution is -2.21. The summed E-state index contributed by atoms with van der Waals surface area (Å²) in [6.45, 7) is 4.09. The molecule has 1 amide bonds. The van der Waals surface area contributed by atoms with E-state index >= 15 is 0 Å². The smallest absolute Gasteiger partial charge is 0.287 e. The predicted octanol–water partition coefficient (Wildman–Crippen LogP) is 5.52. The second kappa shape index (κ2) is 9.52. The number of benzene rings is 2. The summed E-state index contributed by atoms with van der Waals surface area (Å²) in [7, 11) is 0. The number of aromatic nitrogens is 2. The number of rotatable bonds is 6. The Hall–Kier alpha value is -2.20. The van der Waals surface area contributed by atoms with Crippen molar-refractivity contribution in [3.63, 3.8) is 0 Å². The van der Waals surface area contributed by atoms with E-state index in [0.717, 1.165) is 39.0 Å². The fourth-order valence-electron chi connectivity index (χ4n) is 3.88. The normalized spacial score (nSPS) is 13.0. The Morgan fingerprint density at radius 3 is 2.65 bits per heavy atom. The van der Waals surface area contributed by atoms with Gasteiger partial charge in [-0.15, -0.1) is 5.10 Å². The summed E-state index contributed by atoms with van der Waals surface area (Å²) >= 11 is 7.50. The first-order chi connectivity index (χ1) is 14.9. The van der Waals surface area contributed by atoms with Crippen molar-refractivity contribution in [3.05, 3.63) is 66.9 Å². The van der Waals surface area contributed by atoms with E-state index in [-0.39, 0.29) is 23.9 Å². The van der Waals surface area contributed by atoms with Crippen molar-refractivity contribution in [3.8, 4) is 5.75 Å². The number of aryl methyl sites for hydroxylation is 4. The highest BCUT2D eigenvalue weighted by atomic mass is 127. The van der Waals surface area contributed by atoms with E-state index in [4.69, 9.17) is 21.4 Å². The highest BCUT2D eigenvalue weighted by Crippen LogP contribution is 2.26. The molecule has 8 heteroatoms. The highest BCUT2D eigenvalue weighted by Gasteiger charge is 2.14. The van der Waals surface area contributed by atoms with Crippen LogP contribution in [0.5, 0.6) is 5.75 Å². The van der Waals surface area contributed by atoms with Crippen molar-refractivity contribution in [1.82, 2.24) is 9.78 Å². The van der Waals surface area contributed by atoms with Crippen molar-refractivity contribution in [2.24, 2.45) is 0 Å². The highest BCUT2D eigenvalue weighted by molar-refractivity contribution is 14.1. The molecule has 1 aromatic heterocycles. The standard InChI is InChI=1S/C23H24IN3O3S/c1-14-9-18(24)10-15(2)22(14)25-20(28)12-27-23(31)30-21(26-27)13-29-19-8-7-16-5-3-4-6-17(16)11-19/h7-11H,3-6,12-13H2,1-2H3,(H,25,28). The van der Waals surface area contributed by atoms with Gasteiger partial charge >= 0.3 is 0 Å². The fraction of sp³-hybridized carbons (Fsp3) is 0.348. The summed E-state index contributed by atoms with van der Waals surface area (Å²) in [4.78, 5) is 12.7. The molecular weight excluding hydrogens is 525 g/mol. The Morgan fingerprint density at radius 2 is 1.90 bits per heavy atom. The average Bonchev–Trinajstić information content (AvgIpc) is 3.08. The SMILES string of the molecule is Cc1cc(I)cc(C)c1NC(=O)Cn1nc(COc2ccc3c(c2)CCCC3)oc1=S. The molecule has 3 aromatic rings. The maximum atomic E-state index is 12.6. The van der Waals surface area contributed by atoms with Crippen LogP contribution in [0.2, 0.25) is 0 Å². The number of ether oxygens (including phenoxy) is 1. The molecule has 162 valence electrons. The molecule has 0 fully saturated rings. The van der Waals surface area contributed by atoms with Gasteiger partial charge in [0.15, 0.2) is 6.61 Å². The van der Waals surface area contributed by atoms with Crippen LogP contribution in [-0.4, -0.2) is 15.7 Å². The molecule has 1 aliphatic rings. The van der Waals surface area contributed by atoms with Crippen LogP contribution >= 0.6 is 34.8 Å². The van der Waals surface area contributed by atoms with E-state index in [1.54, 1.807) is 0 Å². The number of nitrogens with zero attached hydrogens (tertiary/aromatic N) is 2. The van der Waals surface area contributed by atoms with Crippen molar-refractivity contribution in [1.29, 1.82) is 0 Å². The summed E-state index contributed by atoms with van der Waals surface area (Å²) in [5.41, 5.74) is 5.61. The third-order valence-electron chi connectivity index (χ3n) is 5.39. The van der Waals surface area contributed by atoms with E-state index < -0.39 is 0 Å². The quantitative estimate of drug-likeness (QED) is 0.324. The van der Waals surface area contributed by atoms with Gasteiger partial charge in [0, 0.05) is 9.26 Å². The number of amides is 1. The van der Waals surface area contributed by atoms with Crippen LogP contribution in [0.25, 0.3) is 0 Å². The zero-order valence-electron chi connectivity index (χ0n) is 17.5. The lowest BCUT2D eigenvalue weighted by Gasteiger charge is -2.16. The van der Waals surface area contributed by atoms with Gasteiger partial charge in [-0.3, -0.25) is 4.79 Å². The Labute approximate surface area is 200 Å². The molecule has 2 aromatic carbocycles. The second-order valence-electron chi connectivity index (χ2n) is 7.81. The topological polar surface area (TPSA) is 69.3 Å². The fourth-order valence-corrected chi connectivity index (χ4v) is 5.01. The first kappa shape index (κ1) is 22.0. The van der Waals surface area contributed by atoms with Crippen LogP contribution < -0.4 is 10.1 Å². The van der Waals surface area contributed by atoms with Crippen molar-refractivity contribution in [2.75, 3.05) is 5.32 Å². The Balaban J connectivity index is 1.39. The first-order valence-electron chi connectivity index (χ1n) is 10.3. The van der Waals surface area contributed by atoms with Gasteiger partial charge in [-0.2, -0.15) is 0 Å². The number of carbonyl (C=O) groups is 1. The summed E-state index contributed by atoms with van der Waals surface area (Å²) in [5.74, 6) is 0.926. The maximum Gasteiger partial charge on any atom is 0.287 e. The molecule has 6 nitrogen and oxygen atoms in total. The Kier molecular flexibility index (Phi) is 6.76. The van der Waals surface area contributed by atoms with E-state index in [1.807, 2.05) is 32.0 Å². The second-order valence-corrected chi connectivity index (χ2v) is 9.40. The van der Waals surface area contributed by atoms with Crippen molar-refractivity contribution < 1.29 is 13.9 Å². The molecule has 1 heterocycles. The third-order valence-corrected chi connectivity index (χ3v) is 6.30. The molecule has 0 atom stereocenters. The summed E-state index contributed by atoms with van der Waals surface area (Å²) in [6.07, 6.45) is 4.70. The van der Waals surface area contributed by atoms with Gasteiger partial charge in [0.1, 0.15) is 12.3 Å². The van der Waals surface area contributed by atoms with Crippen LogP contribution in [0.4, 0.5) is 5.69 Å². The van der Waals surface area contributed by atoms with Gasteiger partial charge in [0.2, 0.25) is 5.91 Å². The molecule has 0 saturated carbocycles. The van der Waals surface area contributed by atoms with Crippen LogP contribution in [0.15, 0.2) is 34.7 Å². The van der Waals surface area contributed by atoms with Crippen molar-refractivity contribution in [2.45, 2.75) is 52.7 Å². The van der Waals surface area contributed by atoms with Gasteiger partial charge in [0.05, 0.1) is 0 Å². The number of hydrogen-bond acceptors (Lipinski definition) is 5. The van der Waals surface area contributed by atoms with Crippen LogP contribution in [0.3, 0.4) is 0 Å². The molecule has 0 spiro atoms. The van der Waals surface area contributed by atoms with E-state index in [2.05, 4.69) is 45.1 Å². The Morgan fingerprint density at radius 1 is 1.19 bits per heavy atom. The number of fused-ring (bicyclic) bond motifs is 1. The largest absolute Gasteiger partial charge is 0.484 e. The Bertz CT molecular complexity index is 1160. The molecule has 0 aliphatic heterocycles. The van der Waals surface area contributed by atoms with E-state index in [0.29, 0.717) is 5.89 Å². The molecule has 1 N–H and O–H groups in total. The number of halogens is 1. The summed E-state index contributed by atoms with van der Waals surface area (Å²) in [6, 6.07) is 10.3. The number of anilines is 1. The van der Waals surface area contributed by atoms with Gasteiger partial charge in [-0.05, 0) is 121 Å². The first-order valence-corrected chi connectivity index (χ1v) is 11.8. The zero-order chi connectivity index (χ0) is 22.0. The monoisotopic (exact) mass is 549 g/mol. The molecule has 0 unspecified atom stereocenters. The molecule has 1 aliphatic carbocycles. The molecule has 31 heavy (non-hydrogen) atoms. The van der Waals surface area contributed by atoms with Gasteiger partial charge in [-0.1, -0.05) is 6.07 Å². The third kappa shape index (κ3) is 5.35. The number of carbonyl (C=O) groups excluding carboxylic acids is 1. The van der Waals surface area contributed by atoms with Crippen molar-refractivity contribution >= 4 is 46.4 Å². The van der Waals surface area contributed by atoms with E-state index in [9.17, 15) is 4.79 Å². The van der Waals surface area contributed by atoms with E-state index in [1.165, 1.54) is 28.7 Å². The maximum absolute atomic E-state index is 12.6. The lowest BCUT2D eigenvalue weighted by molar-refractivity contribution is -0.117. The molecule has 0 saturated heterocycles. The van der Waals surface area contributed by atoms with Crippen LogP contribution in [0.1, 0.15) is 41.0 Å². The average molecular weight is 549 g/mol. The lowest BCUT2D eigenvalue weighted by atomic mass is 9.92. The van der Waals surface area contributed by atoms with Gasteiger partial charge < -0.3 is 14.5 Å². The minimum absolute atomic E-state index is 0.0218. The van der Waals surface area contributed by atoms with Gasteiger partial charge in [0.25, 0.3) is 10.7 Å². The number of hydrogen-bond donors (Lipinski definition) is 1. The minimum Gasteiger partial charge on any atom is -0.484 e. The molecule has 4 rings (SSSR count). The van der Waals surface area contributed by atoms with Gasteiger partial charge in [-0.25, -0.2) is 4.68 Å². The number of nitrogens with one attached hydrogen (secondary N) is 1. The van der Waals surface area contributed by atoms with Crippen LogP contribution in [-0.2, 0) is 30.8 Å². The summed E-state index contributed by atoms with van der Waals surface area (Å²) in [5, 5.41) is 7.27. The molecular formula is C23H24IN3O3S. The zero-order valence-corrected chi connectivity index (χ0v) is 20.5. The van der Waals surface area contributed by atoms with Crippen LogP contribution in [0, 0.1) is 22.3 Å². The minimum atomic E-state index is -0.209. The molecule has 0 bridgehead atoms. The summed E-state index contributed by atoms with van der Waals surface area (Å²) < 4.78 is 13.9. The molecule has 0 radical (unpaired) electrons.